The molecule has 0 bridgehead atoms. The predicted octanol–water partition coefficient (Wildman–Crippen LogP) is 1.34. The largest absolute Gasteiger partial charge is 0.357 e. The van der Waals surface area contributed by atoms with Gasteiger partial charge in [-0.15, -0.1) is 0 Å². The Morgan fingerprint density at radius 1 is 1.12 bits per heavy atom. The van der Waals surface area contributed by atoms with E-state index in [0.717, 1.165) is 5.56 Å². The van der Waals surface area contributed by atoms with Gasteiger partial charge in [-0.25, -0.2) is 8.42 Å². The number of aryl methyl sites for hydroxylation is 1. The van der Waals surface area contributed by atoms with Gasteiger partial charge in [0.1, 0.15) is 6.04 Å². The molecule has 2 aromatic rings. The van der Waals surface area contributed by atoms with Crippen molar-refractivity contribution in [3.05, 3.63) is 59.7 Å². The molecule has 0 spiro atoms. The van der Waals surface area contributed by atoms with Gasteiger partial charge in [-0.1, -0.05) is 30.3 Å². The zero-order chi connectivity index (χ0) is 18.7. The third-order valence-corrected chi connectivity index (χ3v) is 5.62. The van der Waals surface area contributed by atoms with E-state index >= 15 is 0 Å². The van der Waals surface area contributed by atoms with Crippen LogP contribution < -0.4 is 15.4 Å². The first-order valence-corrected chi connectivity index (χ1v) is 9.60. The highest BCUT2D eigenvalue weighted by atomic mass is 32.2. The van der Waals surface area contributed by atoms with E-state index in [0.29, 0.717) is 24.1 Å². The lowest BCUT2D eigenvalue weighted by Gasteiger charge is -2.20. The first-order valence-electron chi connectivity index (χ1n) is 8.12. The molecule has 8 heteroatoms. The summed E-state index contributed by atoms with van der Waals surface area (Å²) in [6.45, 7) is 0. The number of benzene rings is 2. The van der Waals surface area contributed by atoms with E-state index in [1.165, 1.54) is 19.2 Å². The standard InChI is InChI=1S/C18H19N3O4S/c1-19-18(23)17(12-5-3-2-4-6-12)21-26(24,25)14-8-9-15-13(11-14)7-10-16(22)20-15/h2-6,8-9,11,17,21H,7,10H2,1H3,(H,19,23)(H,20,22). The summed E-state index contributed by atoms with van der Waals surface area (Å²) in [6.07, 6.45) is 0.789. The summed E-state index contributed by atoms with van der Waals surface area (Å²) in [4.78, 5) is 23.7. The predicted molar refractivity (Wildman–Crippen MR) is 97.0 cm³/mol. The van der Waals surface area contributed by atoms with Gasteiger partial charge in [0.2, 0.25) is 21.8 Å². The number of anilines is 1. The lowest BCUT2D eigenvalue weighted by Crippen LogP contribution is -2.39. The van der Waals surface area contributed by atoms with E-state index in [-0.39, 0.29) is 10.8 Å². The Bertz CT molecular complexity index is 942. The molecule has 1 aliphatic rings. The normalized spacial score (nSPS) is 14.9. The maximum atomic E-state index is 12.8. The number of nitrogens with one attached hydrogen (secondary N) is 3. The van der Waals surface area contributed by atoms with Gasteiger partial charge in [-0.05, 0) is 35.7 Å². The average Bonchev–Trinajstić information content (AvgIpc) is 2.65. The molecule has 1 aliphatic heterocycles. The van der Waals surface area contributed by atoms with Crippen LogP contribution in [0.4, 0.5) is 5.69 Å². The summed E-state index contributed by atoms with van der Waals surface area (Å²) in [5.74, 6) is -0.542. The van der Waals surface area contributed by atoms with Crippen molar-refractivity contribution in [3.8, 4) is 0 Å². The van der Waals surface area contributed by atoms with Crippen LogP contribution >= 0.6 is 0 Å². The second-order valence-corrected chi connectivity index (χ2v) is 7.66. The van der Waals surface area contributed by atoms with Crippen molar-refractivity contribution in [3.63, 3.8) is 0 Å². The van der Waals surface area contributed by atoms with E-state index in [1.807, 2.05) is 0 Å². The molecule has 136 valence electrons. The molecule has 2 aromatic carbocycles. The number of hydrogen-bond donors (Lipinski definition) is 3. The minimum absolute atomic E-state index is 0.0530. The molecular weight excluding hydrogens is 354 g/mol. The molecule has 1 atom stereocenters. The molecule has 0 radical (unpaired) electrons. The fourth-order valence-electron chi connectivity index (χ4n) is 2.81. The van der Waals surface area contributed by atoms with Gasteiger partial charge >= 0.3 is 0 Å². The number of carbonyl (C=O) groups is 2. The summed E-state index contributed by atoms with van der Waals surface area (Å²) in [7, 11) is -2.48. The number of likely N-dealkylation sites (N-methyl/N-ethyl adjacent to an activating group) is 1. The molecule has 3 rings (SSSR count). The Labute approximate surface area is 151 Å². The third kappa shape index (κ3) is 3.76. The van der Waals surface area contributed by atoms with Crippen molar-refractivity contribution < 1.29 is 18.0 Å². The van der Waals surface area contributed by atoms with Crippen molar-refractivity contribution in [2.24, 2.45) is 0 Å². The van der Waals surface area contributed by atoms with Gasteiger partial charge in [0.25, 0.3) is 0 Å². The fraction of sp³-hybridized carbons (Fsp3) is 0.222. The summed E-state index contributed by atoms with van der Waals surface area (Å²) >= 11 is 0. The molecule has 7 nitrogen and oxygen atoms in total. The second-order valence-electron chi connectivity index (χ2n) is 5.95. The smallest absolute Gasteiger partial charge is 0.242 e. The molecule has 1 unspecified atom stereocenters. The number of amides is 2. The Morgan fingerprint density at radius 3 is 2.54 bits per heavy atom. The Kier molecular flexibility index (Phi) is 5.06. The van der Waals surface area contributed by atoms with Crippen LogP contribution in [0.5, 0.6) is 0 Å². The lowest BCUT2D eigenvalue weighted by molar-refractivity contribution is -0.122. The van der Waals surface area contributed by atoms with E-state index in [4.69, 9.17) is 0 Å². The fourth-order valence-corrected chi connectivity index (χ4v) is 4.05. The highest BCUT2D eigenvalue weighted by Crippen LogP contribution is 2.26. The zero-order valence-corrected chi connectivity index (χ0v) is 15.0. The summed E-state index contributed by atoms with van der Waals surface area (Å²) in [6, 6.07) is 12.1. The van der Waals surface area contributed by atoms with Crippen LogP contribution in [0.15, 0.2) is 53.4 Å². The summed E-state index contributed by atoms with van der Waals surface area (Å²) in [5.41, 5.74) is 1.91. The van der Waals surface area contributed by atoms with Gasteiger partial charge in [-0.2, -0.15) is 4.72 Å². The van der Waals surface area contributed by atoms with Crippen LogP contribution in [0.2, 0.25) is 0 Å². The quantitative estimate of drug-likeness (QED) is 0.735. The van der Waals surface area contributed by atoms with Gasteiger partial charge < -0.3 is 10.6 Å². The van der Waals surface area contributed by atoms with Gasteiger partial charge in [0, 0.05) is 19.2 Å². The Balaban J connectivity index is 1.92. The van der Waals surface area contributed by atoms with Crippen LogP contribution in [0.1, 0.15) is 23.6 Å². The molecule has 2 amide bonds. The van der Waals surface area contributed by atoms with Gasteiger partial charge in [0.15, 0.2) is 0 Å². The molecule has 0 aromatic heterocycles. The minimum atomic E-state index is -3.93. The molecule has 26 heavy (non-hydrogen) atoms. The number of carbonyl (C=O) groups excluding carboxylic acids is 2. The van der Waals surface area contributed by atoms with E-state index in [1.54, 1.807) is 36.4 Å². The number of sulfonamides is 1. The molecule has 1 heterocycles. The average molecular weight is 373 g/mol. The third-order valence-electron chi connectivity index (χ3n) is 4.20. The van der Waals surface area contributed by atoms with Gasteiger partial charge in [-0.3, -0.25) is 9.59 Å². The molecule has 0 fully saturated rings. The Hall–Kier alpha value is -2.71. The maximum Gasteiger partial charge on any atom is 0.242 e. The van der Waals surface area contributed by atoms with Crippen LogP contribution in [0.25, 0.3) is 0 Å². The lowest BCUT2D eigenvalue weighted by atomic mass is 10.0. The van der Waals surface area contributed by atoms with Crippen molar-refractivity contribution in [1.29, 1.82) is 0 Å². The monoisotopic (exact) mass is 373 g/mol. The SMILES string of the molecule is CNC(=O)C(NS(=O)(=O)c1ccc2c(c1)CCC(=O)N2)c1ccccc1. The van der Waals surface area contributed by atoms with E-state index in [9.17, 15) is 18.0 Å². The first-order chi connectivity index (χ1) is 12.4. The van der Waals surface area contributed by atoms with Crippen LogP contribution in [0, 0.1) is 0 Å². The van der Waals surface area contributed by atoms with Crippen LogP contribution in [0.3, 0.4) is 0 Å². The van der Waals surface area contributed by atoms with Crippen molar-refractivity contribution >= 4 is 27.5 Å². The van der Waals surface area contributed by atoms with Gasteiger partial charge in [0.05, 0.1) is 4.90 Å². The minimum Gasteiger partial charge on any atom is -0.357 e. The number of fused-ring (bicyclic) bond motifs is 1. The van der Waals surface area contributed by atoms with Crippen molar-refractivity contribution in [2.75, 3.05) is 12.4 Å². The van der Waals surface area contributed by atoms with Crippen molar-refractivity contribution in [2.45, 2.75) is 23.8 Å². The van der Waals surface area contributed by atoms with E-state index in [2.05, 4.69) is 15.4 Å². The highest BCUT2D eigenvalue weighted by Gasteiger charge is 2.27. The molecule has 0 saturated heterocycles. The first kappa shape index (κ1) is 18.1. The number of rotatable bonds is 5. The molecular formula is C18H19N3O4S. The molecule has 0 saturated carbocycles. The van der Waals surface area contributed by atoms with Crippen LogP contribution in [-0.2, 0) is 26.0 Å². The van der Waals surface area contributed by atoms with E-state index < -0.39 is 22.0 Å². The topological polar surface area (TPSA) is 104 Å². The molecule has 3 N–H and O–H groups in total. The van der Waals surface area contributed by atoms with Crippen molar-refractivity contribution in [1.82, 2.24) is 10.0 Å². The Morgan fingerprint density at radius 2 is 1.85 bits per heavy atom. The maximum absolute atomic E-state index is 12.8. The second kappa shape index (κ2) is 7.27. The number of hydrogen-bond acceptors (Lipinski definition) is 4. The highest BCUT2D eigenvalue weighted by molar-refractivity contribution is 7.89. The summed E-state index contributed by atoms with van der Waals surface area (Å²) < 4.78 is 28.1. The molecule has 0 aliphatic carbocycles. The van der Waals surface area contributed by atoms with Crippen LogP contribution in [-0.4, -0.2) is 27.3 Å². The summed E-state index contributed by atoms with van der Waals surface area (Å²) in [5, 5.41) is 5.19. The zero-order valence-electron chi connectivity index (χ0n) is 14.2.